The van der Waals surface area contributed by atoms with Gasteiger partial charge >= 0.3 is 0 Å². The highest BCUT2D eigenvalue weighted by molar-refractivity contribution is 7.35. The zero-order valence-corrected chi connectivity index (χ0v) is 8.70. The molecule has 0 amide bonds. The van der Waals surface area contributed by atoms with Crippen molar-refractivity contribution in [1.29, 1.82) is 5.26 Å². The molecule has 3 heteroatoms. The molecule has 2 rings (SSSR count). The number of aryl methyl sites for hydroxylation is 1. The highest BCUT2D eigenvalue weighted by Gasteiger charge is 1.94. The summed E-state index contributed by atoms with van der Waals surface area (Å²) in [7, 11) is 2.69. The van der Waals surface area contributed by atoms with Gasteiger partial charge < -0.3 is 4.57 Å². The minimum absolute atomic E-state index is 0.702. The van der Waals surface area contributed by atoms with Gasteiger partial charge in [0.2, 0.25) is 0 Å². The van der Waals surface area contributed by atoms with Crippen LogP contribution in [0, 0.1) is 16.1 Å². The predicted octanol–water partition coefficient (Wildman–Crippen LogP) is 3.14. The van der Waals surface area contributed by atoms with Gasteiger partial charge in [-0.3, -0.25) is 0 Å². The summed E-state index contributed by atoms with van der Waals surface area (Å²) in [6, 6.07) is 12.2. The normalized spacial score (nSPS) is 11.6. The summed E-state index contributed by atoms with van der Waals surface area (Å²) in [6.45, 7) is 0. The second-order valence-electron chi connectivity index (χ2n) is 3.02. The van der Waals surface area contributed by atoms with Crippen LogP contribution in [-0.2, 0) is 7.05 Å². The van der Waals surface area contributed by atoms with Crippen LogP contribution in [0.25, 0.3) is 10.9 Å². The number of rotatable bonds is 0. The lowest BCUT2D eigenvalue weighted by atomic mass is 10.2. The van der Waals surface area contributed by atoms with Gasteiger partial charge in [0.25, 0.3) is 0 Å². The van der Waals surface area contributed by atoms with Gasteiger partial charge in [-0.1, -0.05) is 24.3 Å². The molecular weight excluding hydrogens is 191 g/mol. The maximum Gasteiger partial charge on any atom is 0.124 e. The van der Waals surface area contributed by atoms with Gasteiger partial charge in [-0.25, -0.2) is 0 Å². The predicted molar refractivity (Wildman–Crippen MR) is 58.7 cm³/mol. The summed E-state index contributed by atoms with van der Waals surface area (Å²) in [5, 5.41) is 10.9. The average molecular weight is 200 g/mol. The van der Waals surface area contributed by atoms with Crippen LogP contribution >= 0.6 is 8.20 Å². The zero-order chi connectivity index (χ0) is 9.97. The van der Waals surface area contributed by atoms with E-state index in [1.54, 1.807) is 0 Å². The van der Waals surface area contributed by atoms with Gasteiger partial charge in [-0.15, -0.1) is 0 Å². The van der Waals surface area contributed by atoms with Crippen LogP contribution in [0.5, 0.6) is 0 Å². The molecule has 2 nitrogen and oxygen atoms in total. The Bertz CT molecular complexity index is 576. The van der Waals surface area contributed by atoms with E-state index in [0.717, 1.165) is 10.6 Å². The number of hydrogen-bond donors (Lipinski definition) is 0. The highest BCUT2D eigenvalue weighted by atomic mass is 31.1. The van der Waals surface area contributed by atoms with Crippen molar-refractivity contribution in [2.45, 2.75) is 0 Å². The molecule has 0 atom stereocenters. The minimum Gasteiger partial charge on any atom is -0.340 e. The Morgan fingerprint density at radius 2 is 2.00 bits per heavy atom. The maximum atomic E-state index is 8.64. The van der Waals surface area contributed by atoms with Gasteiger partial charge in [0, 0.05) is 20.8 Å². The van der Waals surface area contributed by atoms with E-state index in [4.69, 9.17) is 5.26 Å². The van der Waals surface area contributed by atoms with Gasteiger partial charge in [0.05, 0.1) is 5.07 Å². The number of benzene rings is 1. The fraction of sp³-hybridized carbons (Fsp3) is 0.0909. The molecule has 0 fully saturated rings. The monoisotopic (exact) mass is 200 g/mol. The van der Waals surface area contributed by atoms with Crippen molar-refractivity contribution in [3.63, 3.8) is 0 Å². The molecule has 0 bridgehead atoms. The molecule has 1 aromatic carbocycles. The molecule has 0 aliphatic heterocycles. The molecule has 0 spiro atoms. The minimum atomic E-state index is 0.702. The molecule has 0 saturated heterocycles. The number of hydrogen-bond acceptors (Lipinski definition) is 1. The number of pyridine rings is 1. The Morgan fingerprint density at radius 1 is 1.21 bits per heavy atom. The van der Waals surface area contributed by atoms with E-state index >= 15 is 0 Å². The maximum absolute atomic E-state index is 8.64. The summed E-state index contributed by atoms with van der Waals surface area (Å²) in [4.78, 5) is 0. The molecule has 0 aliphatic rings. The summed E-state index contributed by atoms with van der Waals surface area (Å²) < 4.78 is 2.06. The molecule has 1 aromatic heterocycles. The van der Waals surface area contributed by atoms with E-state index in [1.165, 1.54) is 5.39 Å². The van der Waals surface area contributed by atoms with Gasteiger partial charge in [-0.2, -0.15) is 5.26 Å². The number of para-hydroxylation sites is 1. The van der Waals surface area contributed by atoms with Crippen LogP contribution in [0.15, 0.2) is 36.4 Å². The van der Waals surface area contributed by atoms with Crippen LogP contribution in [-0.4, -0.2) is 4.57 Å². The Balaban J connectivity index is 2.90. The molecule has 0 saturated carbocycles. The van der Waals surface area contributed by atoms with E-state index in [1.807, 2.05) is 25.2 Å². The van der Waals surface area contributed by atoms with Crippen molar-refractivity contribution in [2.24, 2.45) is 7.05 Å². The first-order valence-corrected chi connectivity index (χ1v) is 5.20. The van der Waals surface area contributed by atoms with Crippen molar-refractivity contribution in [1.82, 2.24) is 4.57 Å². The quantitative estimate of drug-likeness (QED) is 0.600. The Hall–Kier alpha value is -1.58. The standard InChI is InChI=1S/C11H9N2P/c1-13-10-5-3-2-4-9(10)6-7-11(13)14-8-12/h2-7H,1H3. The van der Waals surface area contributed by atoms with Gasteiger partial charge in [0.1, 0.15) is 5.81 Å². The van der Waals surface area contributed by atoms with Crippen molar-refractivity contribution in [3.8, 4) is 5.81 Å². The summed E-state index contributed by atoms with van der Waals surface area (Å²) in [5.74, 6) is 2.14. The van der Waals surface area contributed by atoms with E-state index in [-0.39, 0.29) is 0 Å². The second-order valence-corrected chi connectivity index (χ2v) is 3.90. The lowest BCUT2D eigenvalue weighted by molar-refractivity contribution is 0.934. The molecule has 0 radical (unpaired) electrons. The van der Waals surface area contributed by atoms with Crippen LogP contribution in [0.2, 0.25) is 0 Å². The Labute approximate surface area is 83.8 Å². The van der Waals surface area contributed by atoms with Gasteiger partial charge in [0.15, 0.2) is 0 Å². The number of nitrogens with zero attached hydrogens (tertiary/aromatic N) is 2. The number of nitriles is 1. The van der Waals surface area contributed by atoms with E-state index in [9.17, 15) is 0 Å². The molecule has 0 aliphatic carbocycles. The fourth-order valence-corrected chi connectivity index (χ4v) is 2.01. The smallest absolute Gasteiger partial charge is 0.124 e. The first-order valence-electron chi connectivity index (χ1n) is 4.30. The lowest BCUT2D eigenvalue weighted by Gasteiger charge is -2.04. The van der Waals surface area contributed by atoms with Crippen molar-refractivity contribution < 1.29 is 0 Å². The van der Waals surface area contributed by atoms with E-state index in [2.05, 4.69) is 28.6 Å². The van der Waals surface area contributed by atoms with Crippen molar-refractivity contribution in [3.05, 3.63) is 41.5 Å². The highest BCUT2D eigenvalue weighted by Crippen LogP contribution is 2.15. The van der Waals surface area contributed by atoms with Crippen LogP contribution < -0.4 is 0 Å². The summed E-state index contributed by atoms with van der Waals surface area (Å²) in [5.41, 5.74) is 1.16. The zero-order valence-electron chi connectivity index (χ0n) is 7.81. The molecule has 68 valence electrons. The Kier molecular flexibility index (Phi) is 2.35. The molecule has 14 heavy (non-hydrogen) atoms. The van der Waals surface area contributed by atoms with Gasteiger partial charge in [-0.05, 0) is 17.5 Å². The number of aromatic nitrogens is 1. The fourth-order valence-electron chi connectivity index (χ4n) is 1.50. The van der Waals surface area contributed by atoms with Crippen molar-refractivity contribution >= 4 is 19.1 Å². The molecule has 0 unspecified atom stereocenters. The largest absolute Gasteiger partial charge is 0.340 e. The van der Waals surface area contributed by atoms with Crippen LogP contribution in [0.1, 0.15) is 0 Å². The molecule has 0 N–H and O–H groups in total. The second kappa shape index (κ2) is 3.65. The van der Waals surface area contributed by atoms with E-state index in [0.29, 0.717) is 8.20 Å². The average Bonchev–Trinajstić information content (AvgIpc) is 2.23. The molecule has 2 aromatic rings. The number of fused-ring (bicyclic) bond motifs is 1. The molecular formula is C11H9N2P. The van der Waals surface area contributed by atoms with Crippen LogP contribution in [0.3, 0.4) is 0 Å². The Morgan fingerprint density at radius 3 is 2.79 bits per heavy atom. The third-order valence-corrected chi connectivity index (χ3v) is 3.00. The van der Waals surface area contributed by atoms with E-state index < -0.39 is 0 Å². The topological polar surface area (TPSA) is 28.7 Å². The molecule has 1 heterocycles. The summed E-state index contributed by atoms with van der Waals surface area (Å²) >= 11 is 0. The summed E-state index contributed by atoms with van der Waals surface area (Å²) in [6.07, 6.45) is 0. The first-order chi connectivity index (χ1) is 6.83. The van der Waals surface area contributed by atoms with Crippen LogP contribution in [0.4, 0.5) is 0 Å². The van der Waals surface area contributed by atoms with Crippen molar-refractivity contribution in [2.75, 3.05) is 0 Å². The SMILES string of the molecule is Cn1c(=PC#N)ccc2ccccc21. The first kappa shape index (κ1) is 8.99. The lowest BCUT2D eigenvalue weighted by Crippen LogP contribution is -1.93. The third-order valence-electron chi connectivity index (χ3n) is 2.22. The third kappa shape index (κ3) is 1.43.